The van der Waals surface area contributed by atoms with E-state index in [1.54, 1.807) is 0 Å². The lowest BCUT2D eigenvalue weighted by Crippen LogP contribution is -2.21. The molecule has 1 fully saturated rings. The summed E-state index contributed by atoms with van der Waals surface area (Å²) in [5.41, 5.74) is 1.12. The van der Waals surface area contributed by atoms with Gasteiger partial charge >= 0.3 is 0 Å². The van der Waals surface area contributed by atoms with Gasteiger partial charge in [0.15, 0.2) is 0 Å². The third kappa shape index (κ3) is 4.37. The van der Waals surface area contributed by atoms with Crippen molar-refractivity contribution in [3.63, 3.8) is 0 Å². The molecule has 1 unspecified atom stereocenters. The Kier molecular flexibility index (Phi) is 5.00. The molecule has 4 heteroatoms. The summed E-state index contributed by atoms with van der Waals surface area (Å²) in [6, 6.07) is 0.542. The fraction of sp³-hybridized carbons (Fsp3) is 0.733. The van der Waals surface area contributed by atoms with Crippen LogP contribution in [0.15, 0.2) is 6.20 Å². The van der Waals surface area contributed by atoms with Gasteiger partial charge in [-0.1, -0.05) is 26.7 Å². The summed E-state index contributed by atoms with van der Waals surface area (Å²) in [5.74, 6) is 2.66. The molecule has 0 amide bonds. The van der Waals surface area contributed by atoms with E-state index in [2.05, 4.69) is 41.4 Å². The van der Waals surface area contributed by atoms with Gasteiger partial charge in [0.1, 0.15) is 5.82 Å². The van der Waals surface area contributed by atoms with Gasteiger partial charge in [0.25, 0.3) is 0 Å². The second kappa shape index (κ2) is 6.73. The lowest BCUT2D eigenvalue weighted by Gasteiger charge is -2.19. The summed E-state index contributed by atoms with van der Waals surface area (Å²) in [6.45, 7) is 7.37. The molecule has 1 aliphatic carbocycles. The number of anilines is 2. The molecule has 19 heavy (non-hydrogen) atoms. The Morgan fingerprint density at radius 2 is 2.16 bits per heavy atom. The Balaban J connectivity index is 1.99. The average Bonchev–Trinajstić information content (AvgIpc) is 3.22. The number of nitrogens with zero attached hydrogens (tertiary/aromatic N) is 2. The van der Waals surface area contributed by atoms with Gasteiger partial charge in [-0.15, -0.1) is 0 Å². The number of hydrogen-bond acceptors (Lipinski definition) is 4. The molecule has 0 radical (unpaired) electrons. The second-order valence-electron chi connectivity index (χ2n) is 5.58. The summed E-state index contributed by atoms with van der Waals surface area (Å²) >= 11 is 0. The van der Waals surface area contributed by atoms with Crippen LogP contribution in [0.1, 0.15) is 51.5 Å². The Labute approximate surface area is 116 Å². The van der Waals surface area contributed by atoms with Crippen molar-refractivity contribution in [2.24, 2.45) is 5.92 Å². The fourth-order valence-electron chi connectivity index (χ4n) is 2.19. The van der Waals surface area contributed by atoms with Crippen molar-refractivity contribution >= 4 is 11.8 Å². The molecular formula is C15H26N4. The maximum absolute atomic E-state index is 4.59. The van der Waals surface area contributed by atoms with Crippen LogP contribution in [0.2, 0.25) is 0 Å². The van der Waals surface area contributed by atoms with Crippen LogP contribution < -0.4 is 10.6 Å². The smallest absolute Gasteiger partial charge is 0.224 e. The summed E-state index contributed by atoms with van der Waals surface area (Å²) in [7, 11) is 0. The molecular weight excluding hydrogens is 236 g/mol. The number of nitrogens with one attached hydrogen (secondary N) is 2. The zero-order valence-electron chi connectivity index (χ0n) is 12.4. The molecule has 1 aromatic heterocycles. The molecule has 1 atom stereocenters. The molecule has 4 nitrogen and oxygen atoms in total. The van der Waals surface area contributed by atoms with Gasteiger partial charge in [0.05, 0.1) is 0 Å². The van der Waals surface area contributed by atoms with Crippen molar-refractivity contribution in [3.05, 3.63) is 11.8 Å². The van der Waals surface area contributed by atoms with Crippen molar-refractivity contribution in [2.45, 2.75) is 58.9 Å². The molecule has 0 spiro atoms. The van der Waals surface area contributed by atoms with Crippen LogP contribution in [-0.2, 0) is 0 Å². The number of hydrogen-bond donors (Lipinski definition) is 2. The molecule has 0 saturated heterocycles. The third-order valence-corrected chi connectivity index (χ3v) is 3.65. The Morgan fingerprint density at radius 3 is 2.79 bits per heavy atom. The highest BCUT2D eigenvalue weighted by Gasteiger charge is 2.25. The number of aryl methyl sites for hydroxylation is 1. The van der Waals surface area contributed by atoms with E-state index in [1.807, 2.05) is 6.20 Å². The Bertz CT molecular complexity index is 401. The van der Waals surface area contributed by atoms with Gasteiger partial charge < -0.3 is 10.6 Å². The van der Waals surface area contributed by atoms with Gasteiger partial charge in [-0.05, 0) is 32.1 Å². The van der Waals surface area contributed by atoms with E-state index < -0.39 is 0 Å². The van der Waals surface area contributed by atoms with Crippen molar-refractivity contribution in [1.29, 1.82) is 0 Å². The molecule has 0 bridgehead atoms. The van der Waals surface area contributed by atoms with Gasteiger partial charge in [-0.2, -0.15) is 4.98 Å². The largest absolute Gasteiger partial charge is 0.367 e. The van der Waals surface area contributed by atoms with E-state index in [0.29, 0.717) is 6.04 Å². The first-order valence-electron chi connectivity index (χ1n) is 7.57. The molecule has 106 valence electrons. The third-order valence-electron chi connectivity index (χ3n) is 3.65. The monoisotopic (exact) mass is 262 g/mol. The maximum Gasteiger partial charge on any atom is 0.224 e. The van der Waals surface area contributed by atoms with Crippen LogP contribution in [0.4, 0.5) is 11.8 Å². The van der Waals surface area contributed by atoms with Crippen molar-refractivity contribution in [1.82, 2.24) is 9.97 Å². The normalized spacial score (nSPS) is 16.2. The lowest BCUT2D eigenvalue weighted by atomic mass is 10.1. The minimum atomic E-state index is 0.542. The van der Waals surface area contributed by atoms with Crippen LogP contribution >= 0.6 is 0 Å². The van der Waals surface area contributed by atoms with Crippen LogP contribution in [0, 0.1) is 12.8 Å². The van der Waals surface area contributed by atoms with E-state index in [0.717, 1.165) is 42.6 Å². The van der Waals surface area contributed by atoms with E-state index in [4.69, 9.17) is 0 Å². The highest BCUT2D eigenvalue weighted by molar-refractivity contribution is 5.47. The lowest BCUT2D eigenvalue weighted by molar-refractivity contribution is 0.584. The Hall–Kier alpha value is -1.32. The highest BCUT2D eigenvalue weighted by atomic mass is 15.1. The van der Waals surface area contributed by atoms with E-state index >= 15 is 0 Å². The second-order valence-corrected chi connectivity index (χ2v) is 5.58. The fourth-order valence-corrected chi connectivity index (χ4v) is 2.19. The minimum absolute atomic E-state index is 0.542. The standard InChI is InChI=1S/C15H26N4/c1-4-8-16-15-17-10-11(3)14(19-15)18-13(5-2)9-12-6-7-12/h10,12-13H,4-9H2,1-3H3,(H2,16,17,18,19). The molecule has 1 aliphatic rings. The SMILES string of the molecule is CCCNc1ncc(C)c(NC(CC)CC2CC2)n1. The van der Waals surface area contributed by atoms with Gasteiger partial charge in [-0.3, -0.25) is 0 Å². The quantitative estimate of drug-likeness (QED) is 0.751. The summed E-state index contributed by atoms with van der Waals surface area (Å²) in [6.07, 6.45) is 8.22. The van der Waals surface area contributed by atoms with Crippen molar-refractivity contribution in [3.8, 4) is 0 Å². The topological polar surface area (TPSA) is 49.8 Å². The molecule has 0 aliphatic heterocycles. The first-order chi connectivity index (χ1) is 9.22. The van der Waals surface area contributed by atoms with Crippen molar-refractivity contribution < 1.29 is 0 Å². The number of aromatic nitrogens is 2. The van der Waals surface area contributed by atoms with Crippen molar-refractivity contribution in [2.75, 3.05) is 17.2 Å². The van der Waals surface area contributed by atoms with Gasteiger partial charge in [0, 0.05) is 24.3 Å². The summed E-state index contributed by atoms with van der Waals surface area (Å²) in [5, 5.41) is 6.84. The van der Waals surface area contributed by atoms with E-state index in [1.165, 1.54) is 19.3 Å². The minimum Gasteiger partial charge on any atom is -0.367 e. The molecule has 2 N–H and O–H groups in total. The summed E-state index contributed by atoms with van der Waals surface area (Å²) < 4.78 is 0. The average molecular weight is 262 g/mol. The van der Waals surface area contributed by atoms with Crippen LogP contribution in [0.5, 0.6) is 0 Å². The van der Waals surface area contributed by atoms with Crippen LogP contribution in [-0.4, -0.2) is 22.6 Å². The molecule has 1 aromatic rings. The molecule has 1 heterocycles. The molecule has 2 rings (SSSR count). The summed E-state index contributed by atoms with van der Waals surface area (Å²) in [4.78, 5) is 8.91. The Morgan fingerprint density at radius 1 is 1.37 bits per heavy atom. The zero-order chi connectivity index (χ0) is 13.7. The zero-order valence-corrected chi connectivity index (χ0v) is 12.4. The highest BCUT2D eigenvalue weighted by Crippen LogP contribution is 2.34. The van der Waals surface area contributed by atoms with E-state index in [-0.39, 0.29) is 0 Å². The first kappa shape index (κ1) is 14.1. The molecule has 0 aromatic carbocycles. The predicted molar refractivity (Wildman–Crippen MR) is 80.6 cm³/mol. The van der Waals surface area contributed by atoms with Crippen LogP contribution in [0.3, 0.4) is 0 Å². The molecule has 1 saturated carbocycles. The van der Waals surface area contributed by atoms with Gasteiger partial charge in [-0.25, -0.2) is 4.98 Å². The predicted octanol–water partition coefficient (Wildman–Crippen LogP) is 3.60. The van der Waals surface area contributed by atoms with Gasteiger partial charge in [0.2, 0.25) is 5.95 Å². The van der Waals surface area contributed by atoms with Crippen LogP contribution in [0.25, 0.3) is 0 Å². The maximum atomic E-state index is 4.59. The first-order valence-corrected chi connectivity index (χ1v) is 7.57. The van der Waals surface area contributed by atoms with E-state index in [9.17, 15) is 0 Å². The number of rotatable bonds is 8.